The van der Waals surface area contributed by atoms with Gasteiger partial charge in [0.1, 0.15) is 0 Å². The van der Waals surface area contributed by atoms with E-state index < -0.39 is 0 Å². The number of hydrogen-bond acceptors (Lipinski definition) is 2. The van der Waals surface area contributed by atoms with Crippen LogP contribution in [0.2, 0.25) is 0 Å². The Morgan fingerprint density at radius 3 is 3.07 bits per heavy atom. The summed E-state index contributed by atoms with van der Waals surface area (Å²) in [5.74, 6) is 0.676. The van der Waals surface area contributed by atoms with Crippen molar-refractivity contribution in [3.63, 3.8) is 0 Å². The lowest BCUT2D eigenvalue weighted by Gasteiger charge is -2.07. The number of fused-ring (bicyclic) bond motifs is 2. The van der Waals surface area contributed by atoms with Gasteiger partial charge in [-0.15, -0.1) is 0 Å². The molecule has 0 aliphatic carbocycles. The van der Waals surface area contributed by atoms with Crippen molar-refractivity contribution in [2.75, 3.05) is 19.6 Å². The third-order valence-electron chi connectivity index (χ3n) is 3.13. The van der Waals surface area contributed by atoms with E-state index >= 15 is 0 Å². The van der Waals surface area contributed by atoms with Crippen LogP contribution in [-0.4, -0.2) is 19.6 Å². The smallest absolute Gasteiger partial charge is 0.0220 e. The van der Waals surface area contributed by atoms with Gasteiger partial charge >= 0.3 is 0 Å². The van der Waals surface area contributed by atoms with E-state index in [1.165, 1.54) is 10.4 Å². The first-order valence-electron chi connectivity index (χ1n) is 5.17. The molecule has 3 rings (SSSR count). The van der Waals surface area contributed by atoms with Crippen molar-refractivity contribution in [2.45, 2.75) is 0 Å². The lowest BCUT2D eigenvalue weighted by atomic mass is 10.0. The van der Waals surface area contributed by atoms with Crippen LogP contribution in [0.15, 0.2) is 24.3 Å². The maximum atomic E-state index is 3.44. The van der Waals surface area contributed by atoms with Crippen molar-refractivity contribution in [3.05, 3.63) is 34.7 Å². The molecule has 1 fully saturated rings. The predicted octanol–water partition coefficient (Wildman–Crippen LogP) is -0.602. The minimum absolute atomic E-state index is 0.676. The zero-order chi connectivity index (χ0) is 9.38. The number of rotatable bonds is 0. The SMILES string of the molecule is C1=c2ccccc2=C2CNCC2CN1. The molecule has 1 unspecified atom stereocenters. The average Bonchev–Trinajstić information content (AvgIpc) is 2.61. The van der Waals surface area contributed by atoms with Crippen LogP contribution in [0.5, 0.6) is 0 Å². The Morgan fingerprint density at radius 1 is 1.14 bits per heavy atom. The molecule has 1 saturated heterocycles. The first-order chi connectivity index (χ1) is 6.95. The highest BCUT2D eigenvalue weighted by molar-refractivity contribution is 5.55. The maximum Gasteiger partial charge on any atom is 0.0220 e. The molecule has 2 aliphatic rings. The highest BCUT2D eigenvalue weighted by atomic mass is 14.9. The summed E-state index contributed by atoms with van der Waals surface area (Å²) in [7, 11) is 0. The van der Waals surface area contributed by atoms with Crippen LogP contribution in [0.25, 0.3) is 11.8 Å². The summed E-state index contributed by atoms with van der Waals surface area (Å²) in [6, 6.07) is 8.63. The summed E-state index contributed by atoms with van der Waals surface area (Å²) >= 11 is 0. The summed E-state index contributed by atoms with van der Waals surface area (Å²) in [6.45, 7) is 3.23. The molecule has 2 nitrogen and oxygen atoms in total. The quantitative estimate of drug-likeness (QED) is 0.565. The van der Waals surface area contributed by atoms with Crippen LogP contribution < -0.4 is 21.1 Å². The molecule has 2 aliphatic heterocycles. The zero-order valence-electron chi connectivity index (χ0n) is 8.09. The summed E-state index contributed by atoms with van der Waals surface area (Å²) < 4.78 is 0. The van der Waals surface area contributed by atoms with Gasteiger partial charge in [-0.2, -0.15) is 0 Å². The highest BCUT2D eigenvalue weighted by Crippen LogP contribution is 2.14. The zero-order valence-corrected chi connectivity index (χ0v) is 8.09. The third-order valence-corrected chi connectivity index (χ3v) is 3.13. The molecule has 2 heteroatoms. The molecule has 0 bridgehead atoms. The van der Waals surface area contributed by atoms with Crippen molar-refractivity contribution >= 4 is 11.8 Å². The van der Waals surface area contributed by atoms with Gasteiger partial charge in [0.2, 0.25) is 0 Å². The van der Waals surface area contributed by atoms with Gasteiger partial charge in [0.25, 0.3) is 0 Å². The first kappa shape index (κ1) is 8.06. The molecule has 2 heterocycles. The number of benzene rings is 1. The molecule has 0 aromatic heterocycles. The summed E-state index contributed by atoms with van der Waals surface area (Å²) in [4.78, 5) is 0. The maximum absolute atomic E-state index is 3.44. The van der Waals surface area contributed by atoms with Crippen LogP contribution in [0.1, 0.15) is 0 Å². The standard InChI is InChI=1S/C12H14N2/c1-2-4-11-9(3-1)5-13-6-10-7-14-8-12(10)11/h1-5,10,13-14H,6-8H2. The van der Waals surface area contributed by atoms with Crippen LogP contribution in [0.4, 0.5) is 0 Å². The molecular formula is C12H14N2. The van der Waals surface area contributed by atoms with Crippen molar-refractivity contribution in [2.24, 2.45) is 5.92 Å². The Balaban J connectivity index is 2.36. The summed E-state index contributed by atoms with van der Waals surface area (Å²) in [5.41, 5.74) is 1.57. The van der Waals surface area contributed by atoms with E-state index in [1.54, 1.807) is 5.57 Å². The Hall–Kier alpha value is -1.28. The van der Waals surface area contributed by atoms with E-state index in [9.17, 15) is 0 Å². The Bertz CT molecular complexity index is 461. The first-order valence-corrected chi connectivity index (χ1v) is 5.17. The van der Waals surface area contributed by atoms with Crippen molar-refractivity contribution in [1.82, 2.24) is 10.6 Å². The fraction of sp³-hybridized carbons (Fsp3) is 0.333. The number of hydrogen-bond donors (Lipinski definition) is 2. The van der Waals surface area contributed by atoms with E-state index in [1.807, 2.05) is 0 Å². The molecule has 1 aromatic carbocycles. The van der Waals surface area contributed by atoms with Crippen LogP contribution in [0.3, 0.4) is 0 Å². The van der Waals surface area contributed by atoms with E-state index in [-0.39, 0.29) is 0 Å². The van der Waals surface area contributed by atoms with Gasteiger partial charge in [0.05, 0.1) is 0 Å². The van der Waals surface area contributed by atoms with Gasteiger partial charge in [-0.3, -0.25) is 0 Å². The Morgan fingerprint density at radius 2 is 2.07 bits per heavy atom. The average molecular weight is 186 g/mol. The molecule has 1 aromatic rings. The molecule has 0 amide bonds. The third kappa shape index (κ3) is 1.15. The molecule has 0 saturated carbocycles. The second-order valence-electron chi connectivity index (χ2n) is 3.99. The van der Waals surface area contributed by atoms with E-state index in [2.05, 4.69) is 41.1 Å². The second-order valence-corrected chi connectivity index (χ2v) is 3.99. The second kappa shape index (κ2) is 3.14. The van der Waals surface area contributed by atoms with Crippen LogP contribution in [0, 0.1) is 5.92 Å². The molecule has 2 N–H and O–H groups in total. The lowest BCUT2D eigenvalue weighted by Crippen LogP contribution is -2.27. The van der Waals surface area contributed by atoms with Gasteiger partial charge in [-0.25, -0.2) is 0 Å². The van der Waals surface area contributed by atoms with Crippen LogP contribution >= 0.6 is 0 Å². The van der Waals surface area contributed by atoms with E-state index in [4.69, 9.17) is 0 Å². The molecule has 0 radical (unpaired) electrons. The number of nitrogens with one attached hydrogen (secondary N) is 2. The van der Waals surface area contributed by atoms with Crippen molar-refractivity contribution in [1.29, 1.82) is 0 Å². The van der Waals surface area contributed by atoms with Crippen molar-refractivity contribution in [3.8, 4) is 0 Å². The summed E-state index contributed by atoms with van der Waals surface area (Å²) in [6.07, 6.45) is 2.14. The van der Waals surface area contributed by atoms with E-state index in [0.29, 0.717) is 5.92 Å². The minimum Gasteiger partial charge on any atom is -0.390 e. The Labute approximate surface area is 83.3 Å². The Kier molecular flexibility index (Phi) is 1.81. The lowest BCUT2D eigenvalue weighted by molar-refractivity contribution is 0.651. The fourth-order valence-electron chi connectivity index (χ4n) is 2.39. The van der Waals surface area contributed by atoms with Gasteiger partial charge in [-0.05, 0) is 16.0 Å². The minimum atomic E-state index is 0.676. The summed E-state index contributed by atoms with van der Waals surface area (Å²) in [5, 5.41) is 9.58. The largest absolute Gasteiger partial charge is 0.390 e. The molecule has 0 spiro atoms. The highest BCUT2D eigenvalue weighted by Gasteiger charge is 2.21. The van der Waals surface area contributed by atoms with Gasteiger partial charge in [-0.1, -0.05) is 24.3 Å². The predicted molar refractivity (Wildman–Crippen MR) is 57.9 cm³/mol. The van der Waals surface area contributed by atoms with Crippen molar-refractivity contribution < 1.29 is 0 Å². The molecule has 72 valence electrons. The van der Waals surface area contributed by atoms with Gasteiger partial charge < -0.3 is 10.6 Å². The fourth-order valence-corrected chi connectivity index (χ4v) is 2.39. The molecular weight excluding hydrogens is 172 g/mol. The van der Waals surface area contributed by atoms with Gasteiger partial charge in [0, 0.05) is 31.8 Å². The van der Waals surface area contributed by atoms with E-state index in [0.717, 1.165) is 19.6 Å². The normalized spacial score (nSPS) is 24.3. The molecule has 1 atom stereocenters. The van der Waals surface area contributed by atoms with Crippen LogP contribution in [-0.2, 0) is 0 Å². The topological polar surface area (TPSA) is 24.1 Å². The molecule has 14 heavy (non-hydrogen) atoms. The van der Waals surface area contributed by atoms with Gasteiger partial charge in [0.15, 0.2) is 0 Å². The monoisotopic (exact) mass is 186 g/mol.